The molecule has 3 nitrogen and oxygen atoms in total. The van der Waals surface area contributed by atoms with Crippen molar-refractivity contribution < 1.29 is 0 Å². The van der Waals surface area contributed by atoms with Crippen molar-refractivity contribution in [3.63, 3.8) is 0 Å². The Balaban J connectivity index is 2.33. The molecular weight excluding hydrogens is 304 g/mol. The molecule has 0 fully saturated rings. The SMILES string of the molecule is Clc1cncc(Nc2cc(Cl)c(Cl)cc2Cl)n1. The maximum absolute atomic E-state index is 6.00. The molecular formula is C10H5Cl4N3. The fourth-order valence-electron chi connectivity index (χ4n) is 1.16. The van der Waals surface area contributed by atoms with Gasteiger partial charge in [0.05, 0.1) is 33.1 Å². The fraction of sp³-hybridized carbons (Fsp3) is 0. The predicted molar refractivity (Wildman–Crippen MR) is 71.8 cm³/mol. The van der Waals surface area contributed by atoms with E-state index in [0.717, 1.165) is 0 Å². The second kappa shape index (κ2) is 5.27. The van der Waals surface area contributed by atoms with Crippen molar-refractivity contribution in [3.8, 4) is 0 Å². The van der Waals surface area contributed by atoms with Gasteiger partial charge in [-0.15, -0.1) is 0 Å². The molecule has 0 aliphatic carbocycles. The van der Waals surface area contributed by atoms with Crippen molar-refractivity contribution in [3.05, 3.63) is 44.7 Å². The quantitative estimate of drug-likeness (QED) is 0.807. The van der Waals surface area contributed by atoms with Gasteiger partial charge in [-0.3, -0.25) is 4.98 Å². The van der Waals surface area contributed by atoms with E-state index in [1.807, 2.05) is 0 Å². The number of aromatic nitrogens is 2. The van der Waals surface area contributed by atoms with E-state index < -0.39 is 0 Å². The van der Waals surface area contributed by atoms with Crippen molar-refractivity contribution in [1.82, 2.24) is 9.97 Å². The van der Waals surface area contributed by atoms with Gasteiger partial charge in [0.2, 0.25) is 0 Å². The lowest BCUT2D eigenvalue weighted by Crippen LogP contribution is -1.95. The molecule has 0 radical (unpaired) electrons. The highest BCUT2D eigenvalue weighted by atomic mass is 35.5. The Hall–Kier alpha value is -0.740. The lowest BCUT2D eigenvalue weighted by molar-refractivity contribution is 1.20. The second-order valence-corrected chi connectivity index (χ2v) is 4.71. The number of halogens is 4. The largest absolute Gasteiger partial charge is 0.338 e. The van der Waals surface area contributed by atoms with E-state index in [9.17, 15) is 0 Å². The zero-order valence-corrected chi connectivity index (χ0v) is 11.2. The highest BCUT2D eigenvalue weighted by Gasteiger charge is 2.07. The Morgan fingerprint density at radius 1 is 0.882 bits per heavy atom. The van der Waals surface area contributed by atoms with Crippen LogP contribution in [-0.2, 0) is 0 Å². The van der Waals surface area contributed by atoms with Crippen LogP contribution in [0.4, 0.5) is 11.5 Å². The minimum atomic E-state index is 0.284. The summed E-state index contributed by atoms with van der Waals surface area (Å²) in [6, 6.07) is 3.15. The molecule has 17 heavy (non-hydrogen) atoms. The van der Waals surface area contributed by atoms with Crippen molar-refractivity contribution in [2.75, 3.05) is 5.32 Å². The van der Waals surface area contributed by atoms with E-state index in [1.165, 1.54) is 12.4 Å². The third-order valence-electron chi connectivity index (χ3n) is 1.88. The molecule has 0 saturated carbocycles. The average molecular weight is 309 g/mol. The fourth-order valence-corrected chi connectivity index (χ4v) is 1.90. The molecule has 1 aromatic heterocycles. The first-order valence-electron chi connectivity index (χ1n) is 4.45. The van der Waals surface area contributed by atoms with Gasteiger partial charge in [-0.2, -0.15) is 0 Å². The number of benzene rings is 1. The molecule has 1 N–H and O–H groups in total. The minimum Gasteiger partial charge on any atom is -0.338 e. The average Bonchev–Trinajstić information content (AvgIpc) is 2.26. The summed E-state index contributed by atoms with van der Waals surface area (Å²) in [5, 5.41) is 4.45. The molecule has 0 unspecified atom stereocenters. The van der Waals surface area contributed by atoms with Crippen LogP contribution in [0.5, 0.6) is 0 Å². The molecule has 7 heteroatoms. The topological polar surface area (TPSA) is 37.8 Å². The van der Waals surface area contributed by atoms with Gasteiger partial charge in [0, 0.05) is 0 Å². The molecule has 0 saturated heterocycles. The molecule has 2 rings (SSSR count). The highest BCUT2D eigenvalue weighted by Crippen LogP contribution is 2.33. The molecule has 0 amide bonds. The van der Waals surface area contributed by atoms with Crippen molar-refractivity contribution in [2.24, 2.45) is 0 Å². The molecule has 0 spiro atoms. The van der Waals surface area contributed by atoms with Crippen LogP contribution in [-0.4, -0.2) is 9.97 Å². The summed E-state index contributed by atoms with van der Waals surface area (Å²) in [7, 11) is 0. The first-order valence-corrected chi connectivity index (χ1v) is 5.96. The monoisotopic (exact) mass is 307 g/mol. The van der Waals surface area contributed by atoms with E-state index in [-0.39, 0.29) is 5.15 Å². The Bertz CT molecular complexity index is 559. The zero-order valence-electron chi connectivity index (χ0n) is 8.22. The number of rotatable bonds is 2. The lowest BCUT2D eigenvalue weighted by atomic mass is 10.3. The van der Waals surface area contributed by atoms with Gasteiger partial charge in [0.15, 0.2) is 5.82 Å². The van der Waals surface area contributed by atoms with Crippen molar-refractivity contribution in [1.29, 1.82) is 0 Å². The zero-order chi connectivity index (χ0) is 12.4. The van der Waals surface area contributed by atoms with Gasteiger partial charge >= 0.3 is 0 Å². The third-order valence-corrected chi connectivity index (χ3v) is 3.09. The number of nitrogens with zero attached hydrogens (tertiary/aromatic N) is 2. The van der Waals surface area contributed by atoms with Crippen LogP contribution in [0.25, 0.3) is 0 Å². The summed E-state index contributed by atoms with van der Waals surface area (Å²) in [5.41, 5.74) is 0.581. The Morgan fingerprint density at radius 2 is 1.59 bits per heavy atom. The highest BCUT2D eigenvalue weighted by molar-refractivity contribution is 6.44. The smallest absolute Gasteiger partial charge is 0.150 e. The van der Waals surface area contributed by atoms with Crippen LogP contribution in [0.15, 0.2) is 24.5 Å². The Labute approximate surface area is 118 Å². The summed E-state index contributed by atoms with van der Waals surface area (Å²) in [6.07, 6.45) is 2.95. The van der Waals surface area contributed by atoms with Gasteiger partial charge in [0.1, 0.15) is 5.15 Å². The molecule has 2 aromatic rings. The van der Waals surface area contributed by atoms with E-state index >= 15 is 0 Å². The molecule has 1 heterocycles. The van der Waals surface area contributed by atoms with Crippen molar-refractivity contribution >= 4 is 57.9 Å². The van der Waals surface area contributed by atoms with Crippen LogP contribution in [0.1, 0.15) is 0 Å². The molecule has 0 bridgehead atoms. The van der Waals surface area contributed by atoms with Crippen molar-refractivity contribution in [2.45, 2.75) is 0 Å². The maximum atomic E-state index is 6.00. The van der Waals surface area contributed by atoms with Crippen LogP contribution in [0.2, 0.25) is 20.2 Å². The van der Waals surface area contributed by atoms with Gasteiger partial charge < -0.3 is 5.32 Å². The standard InChI is InChI=1S/C10H5Cl4N3/c11-5-1-7(13)8(2-6(5)12)16-10-4-15-3-9(14)17-10/h1-4H,(H,16,17). The van der Waals surface area contributed by atoms with Crippen LogP contribution >= 0.6 is 46.4 Å². The lowest BCUT2D eigenvalue weighted by Gasteiger charge is -2.08. The van der Waals surface area contributed by atoms with E-state index in [0.29, 0.717) is 26.6 Å². The second-order valence-electron chi connectivity index (χ2n) is 3.10. The van der Waals surface area contributed by atoms with Gasteiger partial charge in [-0.25, -0.2) is 4.98 Å². The summed E-state index contributed by atoms with van der Waals surface area (Å²) < 4.78 is 0. The minimum absolute atomic E-state index is 0.284. The number of anilines is 2. The summed E-state index contributed by atoms with van der Waals surface area (Å²) in [5.74, 6) is 0.470. The van der Waals surface area contributed by atoms with Gasteiger partial charge in [-0.1, -0.05) is 46.4 Å². The Kier molecular flexibility index (Phi) is 3.94. The molecule has 0 aliphatic heterocycles. The van der Waals surface area contributed by atoms with Crippen LogP contribution in [0.3, 0.4) is 0 Å². The van der Waals surface area contributed by atoms with E-state index in [1.54, 1.807) is 12.1 Å². The molecule has 0 atom stereocenters. The van der Waals surface area contributed by atoms with Crippen LogP contribution < -0.4 is 5.32 Å². The Morgan fingerprint density at radius 3 is 2.29 bits per heavy atom. The first-order chi connectivity index (χ1) is 8.06. The summed E-state index contributed by atoms with van der Waals surface area (Å²) in [4.78, 5) is 7.91. The molecule has 0 aliphatic rings. The van der Waals surface area contributed by atoms with E-state index in [4.69, 9.17) is 46.4 Å². The van der Waals surface area contributed by atoms with Gasteiger partial charge in [-0.05, 0) is 12.1 Å². The first kappa shape index (κ1) is 12.7. The van der Waals surface area contributed by atoms with E-state index in [2.05, 4.69) is 15.3 Å². The number of hydrogen-bond acceptors (Lipinski definition) is 3. The van der Waals surface area contributed by atoms with Crippen LogP contribution in [0, 0.1) is 0 Å². The number of nitrogens with one attached hydrogen (secondary N) is 1. The third kappa shape index (κ3) is 3.13. The molecule has 88 valence electrons. The molecule has 1 aromatic carbocycles. The number of hydrogen-bond donors (Lipinski definition) is 1. The normalized spacial score (nSPS) is 10.4. The van der Waals surface area contributed by atoms with Gasteiger partial charge in [0.25, 0.3) is 0 Å². The maximum Gasteiger partial charge on any atom is 0.150 e. The summed E-state index contributed by atoms with van der Waals surface area (Å²) >= 11 is 23.4. The predicted octanol–water partition coefficient (Wildman–Crippen LogP) is 4.83. The summed E-state index contributed by atoms with van der Waals surface area (Å²) in [6.45, 7) is 0.